The fraction of sp³-hybridized carbons (Fsp3) is 0.0526. The highest BCUT2D eigenvalue weighted by atomic mass is 16.2. The van der Waals surface area contributed by atoms with Crippen LogP contribution in [-0.2, 0) is 7.05 Å². The fourth-order valence-electron chi connectivity index (χ4n) is 2.31. The summed E-state index contributed by atoms with van der Waals surface area (Å²) in [7, 11) is 1.47. The Balaban J connectivity index is 1.66. The molecule has 136 valence electrons. The zero-order valence-corrected chi connectivity index (χ0v) is 14.5. The largest absolute Gasteiger partial charge is 0.323 e. The molecule has 27 heavy (non-hydrogen) atoms. The summed E-state index contributed by atoms with van der Waals surface area (Å²) in [6.45, 7) is 0. The molecule has 1 heterocycles. The van der Waals surface area contributed by atoms with Gasteiger partial charge in [-0.3, -0.25) is 9.59 Å². The van der Waals surface area contributed by atoms with Gasteiger partial charge in [0.2, 0.25) is 0 Å². The van der Waals surface area contributed by atoms with Gasteiger partial charge in [0.1, 0.15) is 5.69 Å². The number of benzene rings is 2. The minimum atomic E-state index is -0.462. The number of hydrogen-bond acceptors (Lipinski definition) is 4. The number of carbonyl (C=O) groups is 2. The van der Waals surface area contributed by atoms with Gasteiger partial charge in [-0.15, -0.1) is 0 Å². The standard InChI is InChI=1S/C19H17N5O3/c1-24-17(25)11-10-16(23-24)18(26)20-14-8-5-9-15(12-14)22-19(27)21-13-6-3-2-4-7-13/h2-12H,1H3,(H,20,26)(H2,21,22,27). The fourth-order valence-corrected chi connectivity index (χ4v) is 2.31. The van der Waals surface area contributed by atoms with Crippen LogP contribution in [0, 0.1) is 0 Å². The summed E-state index contributed by atoms with van der Waals surface area (Å²) in [6, 6.07) is 18.0. The molecule has 2 aromatic carbocycles. The molecule has 0 unspecified atom stereocenters. The second-order valence-corrected chi connectivity index (χ2v) is 5.66. The number of amides is 3. The molecule has 8 nitrogen and oxygen atoms in total. The number of hydrogen-bond donors (Lipinski definition) is 3. The summed E-state index contributed by atoms with van der Waals surface area (Å²) < 4.78 is 1.08. The number of aromatic nitrogens is 2. The summed E-state index contributed by atoms with van der Waals surface area (Å²) in [5.74, 6) is -0.462. The van der Waals surface area contributed by atoms with Crippen molar-refractivity contribution in [2.45, 2.75) is 0 Å². The smallest absolute Gasteiger partial charge is 0.321 e. The van der Waals surface area contributed by atoms with Crippen LogP contribution in [0.15, 0.2) is 71.5 Å². The van der Waals surface area contributed by atoms with Crippen molar-refractivity contribution in [1.82, 2.24) is 9.78 Å². The lowest BCUT2D eigenvalue weighted by Crippen LogP contribution is -2.23. The van der Waals surface area contributed by atoms with Crippen LogP contribution in [0.2, 0.25) is 0 Å². The van der Waals surface area contributed by atoms with Crippen LogP contribution in [0.3, 0.4) is 0 Å². The molecule has 0 atom stereocenters. The van der Waals surface area contributed by atoms with Gasteiger partial charge in [-0.25, -0.2) is 9.48 Å². The molecule has 0 aliphatic heterocycles. The van der Waals surface area contributed by atoms with Crippen molar-refractivity contribution in [3.8, 4) is 0 Å². The first-order valence-electron chi connectivity index (χ1n) is 8.10. The van der Waals surface area contributed by atoms with E-state index in [1.807, 2.05) is 18.2 Å². The van der Waals surface area contributed by atoms with Gasteiger partial charge in [0.05, 0.1) is 0 Å². The SMILES string of the molecule is Cn1nc(C(=O)Nc2cccc(NC(=O)Nc3ccccc3)c2)ccc1=O. The highest BCUT2D eigenvalue weighted by molar-refractivity contribution is 6.04. The molecule has 0 aliphatic rings. The van der Waals surface area contributed by atoms with Crippen molar-refractivity contribution in [1.29, 1.82) is 0 Å². The molecule has 0 radical (unpaired) electrons. The normalized spacial score (nSPS) is 10.1. The number of carbonyl (C=O) groups excluding carboxylic acids is 2. The van der Waals surface area contributed by atoms with Gasteiger partial charge in [-0.2, -0.15) is 5.10 Å². The monoisotopic (exact) mass is 363 g/mol. The highest BCUT2D eigenvalue weighted by Crippen LogP contribution is 2.16. The summed E-state index contributed by atoms with van der Waals surface area (Å²) in [6.07, 6.45) is 0. The molecule has 0 aliphatic carbocycles. The van der Waals surface area contributed by atoms with E-state index in [0.29, 0.717) is 17.1 Å². The number of rotatable bonds is 4. The summed E-state index contributed by atoms with van der Waals surface area (Å²) in [5, 5.41) is 12.0. The molecule has 0 saturated heterocycles. The molecule has 0 fully saturated rings. The maximum absolute atomic E-state index is 12.3. The maximum atomic E-state index is 12.3. The predicted octanol–water partition coefficient (Wildman–Crippen LogP) is 2.68. The Labute approximate surface area is 154 Å². The lowest BCUT2D eigenvalue weighted by molar-refractivity contribution is 0.102. The van der Waals surface area contributed by atoms with Gasteiger partial charge in [-0.1, -0.05) is 24.3 Å². The number of urea groups is 1. The second-order valence-electron chi connectivity index (χ2n) is 5.66. The Kier molecular flexibility index (Phi) is 5.27. The molecule has 3 rings (SSSR count). The number of aryl methyl sites for hydroxylation is 1. The average Bonchev–Trinajstić information content (AvgIpc) is 2.65. The van der Waals surface area contributed by atoms with Crippen LogP contribution in [0.25, 0.3) is 0 Å². The Morgan fingerprint density at radius 1 is 0.815 bits per heavy atom. The van der Waals surface area contributed by atoms with E-state index in [1.54, 1.807) is 36.4 Å². The van der Waals surface area contributed by atoms with E-state index in [0.717, 1.165) is 4.68 Å². The van der Waals surface area contributed by atoms with Crippen LogP contribution in [0.5, 0.6) is 0 Å². The van der Waals surface area contributed by atoms with Gasteiger partial charge in [0, 0.05) is 30.2 Å². The zero-order chi connectivity index (χ0) is 19.2. The third-order valence-electron chi connectivity index (χ3n) is 3.60. The van der Waals surface area contributed by atoms with E-state index in [1.165, 1.54) is 19.2 Å². The van der Waals surface area contributed by atoms with Crippen molar-refractivity contribution in [2.75, 3.05) is 16.0 Å². The topological polar surface area (TPSA) is 105 Å². The molecule has 1 aromatic heterocycles. The van der Waals surface area contributed by atoms with Crippen molar-refractivity contribution in [3.05, 3.63) is 82.8 Å². The lowest BCUT2D eigenvalue weighted by Gasteiger charge is -2.10. The molecular weight excluding hydrogens is 346 g/mol. The van der Waals surface area contributed by atoms with E-state index in [9.17, 15) is 14.4 Å². The van der Waals surface area contributed by atoms with Gasteiger partial charge >= 0.3 is 6.03 Å². The van der Waals surface area contributed by atoms with Crippen LogP contribution in [0.4, 0.5) is 21.9 Å². The minimum Gasteiger partial charge on any atom is -0.321 e. The summed E-state index contributed by atoms with van der Waals surface area (Å²) in [5.41, 5.74) is 1.46. The van der Waals surface area contributed by atoms with E-state index < -0.39 is 11.9 Å². The summed E-state index contributed by atoms with van der Waals surface area (Å²) in [4.78, 5) is 35.7. The van der Waals surface area contributed by atoms with Gasteiger partial charge in [-0.05, 0) is 36.4 Å². The Bertz CT molecular complexity index is 1030. The van der Waals surface area contributed by atoms with Crippen molar-refractivity contribution < 1.29 is 9.59 Å². The van der Waals surface area contributed by atoms with E-state index in [4.69, 9.17) is 0 Å². The van der Waals surface area contributed by atoms with E-state index >= 15 is 0 Å². The summed E-state index contributed by atoms with van der Waals surface area (Å²) >= 11 is 0. The number of anilines is 3. The van der Waals surface area contributed by atoms with Gasteiger partial charge in [0.25, 0.3) is 11.5 Å². The molecular formula is C19H17N5O3. The third-order valence-corrected chi connectivity index (χ3v) is 3.60. The Morgan fingerprint density at radius 3 is 2.15 bits per heavy atom. The van der Waals surface area contributed by atoms with E-state index in [-0.39, 0.29) is 11.3 Å². The second kappa shape index (κ2) is 7.96. The number of nitrogens with zero attached hydrogens (tertiary/aromatic N) is 2. The molecule has 0 spiro atoms. The zero-order valence-electron chi connectivity index (χ0n) is 14.5. The van der Waals surface area contributed by atoms with Crippen LogP contribution in [-0.4, -0.2) is 21.7 Å². The first-order chi connectivity index (χ1) is 13.0. The van der Waals surface area contributed by atoms with Crippen molar-refractivity contribution >= 4 is 29.0 Å². The van der Waals surface area contributed by atoms with Crippen LogP contribution < -0.4 is 21.5 Å². The third kappa shape index (κ3) is 4.79. The Morgan fingerprint density at radius 2 is 1.44 bits per heavy atom. The molecule has 3 N–H and O–H groups in total. The maximum Gasteiger partial charge on any atom is 0.323 e. The van der Waals surface area contributed by atoms with Crippen molar-refractivity contribution in [2.24, 2.45) is 7.05 Å². The van der Waals surface area contributed by atoms with E-state index in [2.05, 4.69) is 21.0 Å². The number of nitrogens with one attached hydrogen (secondary N) is 3. The first-order valence-corrected chi connectivity index (χ1v) is 8.10. The van der Waals surface area contributed by atoms with Crippen molar-refractivity contribution in [3.63, 3.8) is 0 Å². The first kappa shape index (κ1) is 17.9. The van der Waals surface area contributed by atoms with Crippen LogP contribution in [0.1, 0.15) is 10.5 Å². The predicted molar refractivity (Wildman–Crippen MR) is 103 cm³/mol. The quantitative estimate of drug-likeness (QED) is 0.663. The average molecular weight is 363 g/mol. The molecule has 0 bridgehead atoms. The molecule has 3 aromatic rings. The van der Waals surface area contributed by atoms with Crippen LogP contribution >= 0.6 is 0 Å². The highest BCUT2D eigenvalue weighted by Gasteiger charge is 2.10. The Hall–Kier alpha value is -3.94. The van der Waals surface area contributed by atoms with Gasteiger partial charge in [0.15, 0.2) is 0 Å². The molecule has 8 heteroatoms. The lowest BCUT2D eigenvalue weighted by atomic mass is 10.2. The molecule has 3 amide bonds. The minimum absolute atomic E-state index is 0.109. The number of para-hydroxylation sites is 1. The molecule has 0 saturated carbocycles. The van der Waals surface area contributed by atoms with Gasteiger partial charge < -0.3 is 16.0 Å².